The van der Waals surface area contributed by atoms with Crippen LogP contribution in [-0.4, -0.2) is 27.7 Å². The first-order valence-electron chi connectivity index (χ1n) is 8.83. The molecule has 0 aliphatic carbocycles. The predicted molar refractivity (Wildman–Crippen MR) is 98.7 cm³/mol. The minimum Gasteiger partial charge on any atom is -0.454 e. The van der Waals surface area contributed by atoms with Crippen LogP contribution in [-0.2, 0) is 19.3 Å². The standard InChI is InChI=1S/C19H16F3N5O3/c20-19(21,22)13-3-1-2-12(6-13)9-27-17(23)16(25-26-27)18(28)24-8-11-4-5-14-15(7-11)30-10-29-14/h1-7H,8-10,23H2,(H,24,28). The molecule has 1 amide bonds. The lowest BCUT2D eigenvalue weighted by Crippen LogP contribution is -2.24. The SMILES string of the molecule is Nc1c(C(=O)NCc2ccc3c(c2)OCO3)nnn1Cc1cccc(C(F)(F)F)c1. The number of nitrogens with zero attached hydrogens (tertiary/aromatic N) is 3. The Balaban J connectivity index is 1.43. The van der Waals surface area contributed by atoms with Gasteiger partial charge in [-0.15, -0.1) is 5.10 Å². The normalized spacial score (nSPS) is 12.8. The molecule has 1 aliphatic heterocycles. The summed E-state index contributed by atoms with van der Waals surface area (Å²) in [6.07, 6.45) is -4.45. The summed E-state index contributed by atoms with van der Waals surface area (Å²) in [5.41, 5.74) is 6.16. The average Bonchev–Trinajstić information content (AvgIpc) is 3.32. The van der Waals surface area contributed by atoms with E-state index in [1.54, 1.807) is 18.2 Å². The van der Waals surface area contributed by atoms with Crippen LogP contribution in [0, 0.1) is 0 Å². The maximum absolute atomic E-state index is 12.9. The number of fused-ring (bicyclic) bond motifs is 1. The molecule has 1 aromatic heterocycles. The fraction of sp³-hybridized carbons (Fsp3) is 0.211. The molecule has 0 unspecified atom stereocenters. The molecule has 1 aliphatic rings. The number of hydrogen-bond donors (Lipinski definition) is 2. The number of alkyl halides is 3. The van der Waals surface area contributed by atoms with E-state index in [1.165, 1.54) is 16.8 Å². The zero-order valence-electron chi connectivity index (χ0n) is 15.4. The molecular formula is C19H16F3N5O3. The molecule has 0 radical (unpaired) electrons. The number of hydrogen-bond acceptors (Lipinski definition) is 6. The largest absolute Gasteiger partial charge is 0.454 e. The molecule has 2 heterocycles. The van der Waals surface area contributed by atoms with Gasteiger partial charge in [0.15, 0.2) is 23.0 Å². The van der Waals surface area contributed by atoms with E-state index in [2.05, 4.69) is 15.6 Å². The monoisotopic (exact) mass is 419 g/mol. The molecule has 0 bridgehead atoms. The second-order valence-electron chi connectivity index (χ2n) is 6.55. The van der Waals surface area contributed by atoms with E-state index in [4.69, 9.17) is 15.2 Å². The zero-order chi connectivity index (χ0) is 21.3. The molecule has 8 nitrogen and oxygen atoms in total. The summed E-state index contributed by atoms with van der Waals surface area (Å²) in [6, 6.07) is 10.0. The molecule has 0 atom stereocenters. The third kappa shape index (κ3) is 4.00. The van der Waals surface area contributed by atoms with Gasteiger partial charge in [-0.25, -0.2) is 4.68 Å². The quantitative estimate of drug-likeness (QED) is 0.659. The van der Waals surface area contributed by atoms with Crippen molar-refractivity contribution < 1.29 is 27.4 Å². The first kappa shape index (κ1) is 19.6. The zero-order valence-corrected chi connectivity index (χ0v) is 15.4. The Morgan fingerprint density at radius 1 is 1.13 bits per heavy atom. The van der Waals surface area contributed by atoms with E-state index >= 15 is 0 Å². The van der Waals surface area contributed by atoms with E-state index in [1.807, 2.05) is 0 Å². The Morgan fingerprint density at radius 2 is 1.93 bits per heavy atom. The molecule has 0 saturated carbocycles. The number of rotatable bonds is 5. The lowest BCUT2D eigenvalue weighted by Gasteiger charge is -2.09. The molecule has 2 aromatic carbocycles. The van der Waals surface area contributed by atoms with E-state index in [9.17, 15) is 18.0 Å². The minimum atomic E-state index is -4.45. The Hall–Kier alpha value is -3.76. The van der Waals surface area contributed by atoms with E-state index in [0.717, 1.165) is 17.7 Å². The Bertz CT molecular complexity index is 1100. The third-order valence-electron chi connectivity index (χ3n) is 4.47. The number of anilines is 1. The number of amides is 1. The van der Waals surface area contributed by atoms with Gasteiger partial charge in [0.2, 0.25) is 6.79 Å². The number of ether oxygens (including phenoxy) is 2. The highest BCUT2D eigenvalue weighted by Crippen LogP contribution is 2.32. The van der Waals surface area contributed by atoms with Gasteiger partial charge in [0.25, 0.3) is 5.91 Å². The van der Waals surface area contributed by atoms with Gasteiger partial charge in [0.1, 0.15) is 0 Å². The van der Waals surface area contributed by atoms with Crippen molar-refractivity contribution in [2.24, 2.45) is 0 Å². The number of aromatic nitrogens is 3. The van der Waals surface area contributed by atoms with Crippen LogP contribution < -0.4 is 20.5 Å². The van der Waals surface area contributed by atoms with Crippen LogP contribution in [0.4, 0.5) is 19.0 Å². The van der Waals surface area contributed by atoms with Crippen LogP contribution in [0.15, 0.2) is 42.5 Å². The Morgan fingerprint density at radius 3 is 2.73 bits per heavy atom. The molecular weight excluding hydrogens is 403 g/mol. The van der Waals surface area contributed by atoms with Crippen molar-refractivity contribution in [3.8, 4) is 11.5 Å². The number of nitrogens with two attached hydrogens (primary N) is 1. The van der Waals surface area contributed by atoms with Crippen LogP contribution >= 0.6 is 0 Å². The minimum absolute atomic E-state index is 0.0457. The number of nitrogen functional groups attached to an aromatic ring is 1. The highest BCUT2D eigenvalue weighted by Gasteiger charge is 2.30. The van der Waals surface area contributed by atoms with Gasteiger partial charge >= 0.3 is 6.18 Å². The summed E-state index contributed by atoms with van der Waals surface area (Å²) >= 11 is 0. The van der Waals surface area contributed by atoms with Crippen molar-refractivity contribution in [3.63, 3.8) is 0 Å². The number of carbonyl (C=O) groups is 1. The predicted octanol–water partition coefficient (Wildman–Crippen LogP) is 2.59. The summed E-state index contributed by atoms with van der Waals surface area (Å²) in [4.78, 5) is 12.4. The van der Waals surface area contributed by atoms with Gasteiger partial charge in [-0.1, -0.05) is 23.4 Å². The Kier molecular flexibility index (Phi) is 4.94. The van der Waals surface area contributed by atoms with Gasteiger partial charge in [0.05, 0.1) is 12.1 Å². The van der Waals surface area contributed by atoms with Gasteiger partial charge in [-0.05, 0) is 35.4 Å². The van der Waals surface area contributed by atoms with E-state index in [0.29, 0.717) is 17.1 Å². The molecule has 0 fully saturated rings. The van der Waals surface area contributed by atoms with E-state index in [-0.39, 0.29) is 31.4 Å². The first-order valence-corrected chi connectivity index (χ1v) is 8.83. The highest BCUT2D eigenvalue weighted by atomic mass is 19.4. The second-order valence-corrected chi connectivity index (χ2v) is 6.55. The number of halogens is 3. The lowest BCUT2D eigenvalue weighted by atomic mass is 10.1. The fourth-order valence-corrected chi connectivity index (χ4v) is 2.93. The van der Waals surface area contributed by atoms with Crippen molar-refractivity contribution in [1.29, 1.82) is 0 Å². The fourth-order valence-electron chi connectivity index (χ4n) is 2.93. The number of carbonyl (C=O) groups excluding carboxylic acids is 1. The summed E-state index contributed by atoms with van der Waals surface area (Å²) in [5.74, 6) is 0.621. The maximum atomic E-state index is 12.9. The van der Waals surface area contributed by atoms with Crippen LogP contribution in [0.2, 0.25) is 0 Å². The highest BCUT2D eigenvalue weighted by molar-refractivity contribution is 5.96. The van der Waals surface area contributed by atoms with Crippen molar-refractivity contribution in [1.82, 2.24) is 20.3 Å². The molecule has 4 rings (SSSR count). The lowest BCUT2D eigenvalue weighted by molar-refractivity contribution is -0.137. The van der Waals surface area contributed by atoms with Gasteiger partial charge in [-0.3, -0.25) is 4.79 Å². The molecule has 3 aromatic rings. The molecule has 11 heteroatoms. The smallest absolute Gasteiger partial charge is 0.416 e. The van der Waals surface area contributed by atoms with Crippen LogP contribution in [0.25, 0.3) is 0 Å². The maximum Gasteiger partial charge on any atom is 0.416 e. The van der Waals surface area contributed by atoms with Crippen LogP contribution in [0.5, 0.6) is 11.5 Å². The molecule has 0 saturated heterocycles. The van der Waals surface area contributed by atoms with E-state index < -0.39 is 17.6 Å². The van der Waals surface area contributed by atoms with Gasteiger partial charge in [-0.2, -0.15) is 13.2 Å². The number of nitrogens with one attached hydrogen (secondary N) is 1. The third-order valence-corrected chi connectivity index (χ3v) is 4.47. The van der Waals surface area contributed by atoms with Crippen molar-refractivity contribution in [3.05, 3.63) is 64.8 Å². The number of benzene rings is 2. The van der Waals surface area contributed by atoms with Gasteiger partial charge < -0.3 is 20.5 Å². The van der Waals surface area contributed by atoms with Crippen LogP contribution in [0.1, 0.15) is 27.2 Å². The molecule has 30 heavy (non-hydrogen) atoms. The van der Waals surface area contributed by atoms with Crippen molar-refractivity contribution in [2.75, 3.05) is 12.5 Å². The van der Waals surface area contributed by atoms with Gasteiger partial charge in [0, 0.05) is 6.54 Å². The average molecular weight is 419 g/mol. The topological polar surface area (TPSA) is 104 Å². The molecule has 3 N–H and O–H groups in total. The molecule has 156 valence electrons. The summed E-state index contributed by atoms with van der Waals surface area (Å²) in [7, 11) is 0. The summed E-state index contributed by atoms with van der Waals surface area (Å²) in [5, 5.41) is 10.2. The second kappa shape index (κ2) is 7.58. The summed E-state index contributed by atoms with van der Waals surface area (Å²) < 4.78 is 50.3. The first-order chi connectivity index (χ1) is 14.3. The van der Waals surface area contributed by atoms with Crippen molar-refractivity contribution >= 4 is 11.7 Å². The Labute approximate surface area is 168 Å². The van der Waals surface area contributed by atoms with Crippen molar-refractivity contribution in [2.45, 2.75) is 19.3 Å². The molecule has 0 spiro atoms. The summed E-state index contributed by atoms with van der Waals surface area (Å²) in [6.45, 7) is 0.282. The van der Waals surface area contributed by atoms with Crippen LogP contribution in [0.3, 0.4) is 0 Å².